The molecule has 2 aliphatic rings. The largest absolute Gasteiger partial charge is 0.349 e. The molecule has 2 aromatic carbocycles. The number of carbonyl (C=O) groups excluding carboxylic acids is 1. The number of piperidine rings is 2. The second kappa shape index (κ2) is 8.46. The van der Waals surface area contributed by atoms with E-state index in [0.717, 1.165) is 39.6 Å². The van der Waals surface area contributed by atoms with E-state index in [0.29, 0.717) is 22.7 Å². The van der Waals surface area contributed by atoms with Gasteiger partial charge >= 0.3 is 0 Å². The number of fused-ring (bicyclic) bond motifs is 3. The summed E-state index contributed by atoms with van der Waals surface area (Å²) in [7, 11) is 0. The van der Waals surface area contributed by atoms with Crippen molar-refractivity contribution < 1.29 is 4.79 Å². The summed E-state index contributed by atoms with van der Waals surface area (Å²) < 4.78 is 1.14. The molecule has 1 aromatic heterocycles. The number of hydrogen-bond acceptors (Lipinski definition) is 4. The second-order valence-corrected chi connectivity index (χ2v) is 10.2. The molecule has 2 aliphatic heterocycles. The number of hydrogen-bond donors (Lipinski definition) is 1. The summed E-state index contributed by atoms with van der Waals surface area (Å²) in [6.07, 6.45) is 5.53. The predicted molar refractivity (Wildman–Crippen MR) is 124 cm³/mol. The minimum Gasteiger partial charge on any atom is -0.349 e. The van der Waals surface area contributed by atoms with E-state index in [4.69, 9.17) is 28.2 Å². The van der Waals surface area contributed by atoms with Crippen LogP contribution in [0.3, 0.4) is 0 Å². The number of amides is 1. The van der Waals surface area contributed by atoms with Crippen molar-refractivity contribution in [1.29, 1.82) is 0 Å². The zero-order valence-corrected chi connectivity index (χ0v) is 18.8. The van der Waals surface area contributed by atoms with Crippen molar-refractivity contribution in [2.24, 2.45) is 0 Å². The first-order chi connectivity index (χ1) is 14.6. The van der Waals surface area contributed by atoms with Gasteiger partial charge in [0.05, 0.1) is 26.9 Å². The smallest absolute Gasteiger partial charge is 0.253 e. The molecule has 2 unspecified atom stereocenters. The average Bonchev–Trinajstić information content (AvgIpc) is 3.13. The molecule has 30 heavy (non-hydrogen) atoms. The Kier molecular flexibility index (Phi) is 5.71. The maximum Gasteiger partial charge on any atom is 0.253 e. The van der Waals surface area contributed by atoms with Gasteiger partial charge in [0.25, 0.3) is 5.91 Å². The number of halogens is 2. The molecule has 2 fully saturated rings. The lowest BCUT2D eigenvalue weighted by Crippen LogP contribution is -2.56. The molecule has 2 bridgehead atoms. The number of para-hydroxylation sites is 1. The average molecular weight is 460 g/mol. The SMILES string of the molecule is O=C(NC1CC2CCCC(C1)N2Cc1nc2c(Cl)cccc2s1)c1ccccc1Cl. The molecule has 1 amide bonds. The van der Waals surface area contributed by atoms with Gasteiger partial charge in [0.15, 0.2) is 0 Å². The number of nitrogens with one attached hydrogen (secondary N) is 1. The van der Waals surface area contributed by atoms with Gasteiger partial charge in [0.2, 0.25) is 0 Å². The van der Waals surface area contributed by atoms with Crippen LogP contribution in [-0.2, 0) is 6.54 Å². The van der Waals surface area contributed by atoms with Crippen molar-refractivity contribution in [1.82, 2.24) is 15.2 Å². The minimum atomic E-state index is -0.0714. The fraction of sp³-hybridized carbons (Fsp3) is 0.391. The Morgan fingerprint density at radius 3 is 2.53 bits per heavy atom. The first-order valence-electron chi connectivity index (χ1n) is 10.4. The summed E-state index contributed by atoms with van der Waals surface area (Å²) in [5, 5.41) is 5.58. The molecule has 0 spiro atoms. The highest BCUT2D eigenvalue weighted by atomic mass is 35.5. The second-order valence-electron chi connectivity index (χ2n) is 8.23. The fourth-order valence-corrected chi connectivity index (χ4v) is 6.45. The molecule has 0 saturated carbocycles. The summed E-state index contributed by atoms with van der Waals surface area (Å²) in [5.41, 5.74) is 1.46. The summed E-state index contributed by atoms with van der Waals surface area (Å²) in [6, 6.07) is 14.3. The Bertz CT molecular complexity index is 1070. The lowest BCUT2D eigenvalue weighted by Gasteiger charge is -2.48. The van der Waals surface area contributed by atoms with Crippen LogP contribution in [0.1, 0.15) is 47.5 Å². The van der Waals surface area contributed by atoms with Crippen LogP contribution in [0, 0.1) is 0 Å². The molecule has 2 atom stereocenters. The molecule has 4 nitrogen and oxygen atoms in total. The van der Waals surface area contributed by atoms with Crippen LogP contribution in [0.5, 0.6) is 0 Å². The van der Waals surface area contributed by atoms with Gasteiger partial charge in [-0.2, -0.15) is 0 Å². The quantitative estimate of drug-likeness (QED) is 0.526. The monoisotopic (exact) mass is 459 g/mol. The van der Waals surface area contributed by atoms with Crippen molar-refractivity contribution in [3.63, 3.8) is 0 Å². The number of thiazole rings is 1. The lowest BCUT2D eigenvalue weighted by molar-refractivity contribution is 0.0177. The first kappa shape index (κ1) is 20.3. The molecule has 3 heterocycles. The van der Waals surface area contributed by atoms with Gasteiger partial charge in [-0.3, -0.25) is 9.69 Å². The molecular formula is C23H23Cl2N3OS. The Hall–Kier alpha value is -1.66. The van der Waals surface area contributed by atoms with Gasteiger partial charge in [-0.15, -0.1) is 11.3 Å². The number of rotatable bonds is 4. The van der Waals surface area contributed by atoms with Crippen LogP contribution in [0.4, 0.5) is 0 Å². The Morgan fingerprint density at radius 1 is 1.07 bits per heavy atom. The molecule has 7 heteroatoms. The van der Waals surface area contributed by atoms with Gasteiger partial charge < -0.3 is 5.32 Å². The van der Waals surface area contributed by atoms with Crippen LogP contribution in [0.25, 0.3) is 10.2 Å². The fourth-order valence-electron chi connectivity index (χ4n) is 4.95. The highest BCUT2D eigenvalue weighted by Gasteiger charge is 2.39. The zero-order chi connectivity index (χ0) is 20.7. The number of benzene rings is 2. The Labute approximate surface area is 190 Å². The van der Waals surface area contributed by atoms with E-state index in [1.54, 1.807) is 23.5 Å². The molecular weight excluding hydrogens is 437 g/mol. The van der Waals surface area contributed by atoms with E-state index >= 15 is 0 Å². The van der Waals surface area contributed by atoms with Crippen molar-refractivity contribution in [2.75, 3.05) is 0 Å². The van der Waals surface area contributed by atoms with Crippen LogP contribution in [-0.4, -0.2) is 33.9 Å². The van der Waals surface area contributed by atoms with Gasteiger partial charge in [0.1, 0.15) is 10.5 Å². The van der Waals surface area contributed by atoms with E-state index in [2.05, 4.69) is 16.3 Å². The third-order valence-electron chi connectivity index (χ3n) is 6.31. The first-order valence-corrected chi connectivity index (χ1v) is 12.0. The van der Waals surface area contributed by atoms with Gasteiger partial charge in [-0.1, -0.05) is 47.8 Å². The summed E-state index contributed by atoms with van der Waals surface area (Å²) >= 11 is 14.3. The summed E-state index contributed by atoms with van der Waals surface area (Å²) in [5.74, 6) is -0.0714. The van der Waals surface area contributed by atoms with Crippen LogP contribution >= 0.6 is 34.5 Å². The molecule has 3 aromatic rings. The van der Waals surface area contributed by atoms with Crippen molar-refractivity contribution in [3.05, 3.63) is 63.1 Å². The highest BCUT2D eigenvalue weighted by Crippen LogP contribution is 2.37. The number of nitrogens with zero attached hydrogens (tertiary/aromatic N) is 2. The highest BCUT2D eigenvalue weighted by molar-refractivity contribution is 7.18. The van der Waals surface area contributed by atoms with Crippen LogP contribution in [0.15, 0.2) is 42.5 Å². The third kappa shape index (κ3) is 3.96. The summed E-state index contributed by atoms with van der Waals surface area (Å²) in [6.45, 7) is 0.857. The molecule has 156 valence electrons. The Morgan fingerprint density at radius 2 is 1.80 bits per heavy atom. The summed E-state index contributed by atoms with van der Waals surface area (Å²) in [4.78, 5) is 20.1. The zero-order valence-electron chi connectivity index (χ0n) is 16.5. The van der Waals surface area contributed by atoms with E-state index in [9.17, 15) is 4.79 Å². The van der Waals surface area contributed by atoms with Crippen molar-refractivity contribution in [2.45, 2.75) is 56.8 Å². The molecule has 1 N–H and O–H groups in total. The molecule has 5 rings (SSSR count). The third-order valence-corrected chi connectivity index (χ3v) is 7.95. The molecule has 2 saturated heterocycles. The number of carbonyl (C=O) groups is 1. The van der Waals surface area contributed by atoms with Crippen molar-refractivity contribution >= 4 is 50.7 Å². The predicted octanol–water partition coefficient (Wildman–Crippen LogP) is 5.92. The topological polar surface area (TPSA) is 45.2 Å². The molecule has 0 aliphatic carbocycles. The van der Waals surface area contributed by atoms with Crippen molar-refractivity contribution in [3.8, 4) is 0 Å². The van der Waals surface area contributed by atoms with Crippen LogP contribution in [0.2, 0.25) is 10.0 Å². The minimum absolute atomic E-state index is 0.0714. The maximum absolute atomic E-state index is 12.7. The van der Waals surface area contributed by atoms with Gasteiger partial charge in [-0.25, -0.2) is 4.98 Å². The van der Waals surface area contributed by atoms with Gasteiger partial charge in [-0.05, 0) is 49.9 Å². The number of aromatic nitrogens is 1. The van der Waals surface area contributed by atoms with E-state index in [1.165, 1.54) is 19.3 Å². The molecule has 0 radical (unpaired) electrons. The van der Waals surface area contributed by atoms with E-state index in [1.807, 2.05) is 24.3 Å². The normalized spacial score (nSPS) is 24.1. The van der Waals surface area contributed by atoms with E-state index in [-0.39, 0.29) is 11.9 Å². The standard InChI is InChI=1S/C23H23Cl2N3OS/c24-18-8-2-1-7-17(18)23(29)26-14-11-15-5-3-6-16(12-14)28(15)13-21-27-22-19(25)9-4-10-20(22)30-21/h1-2,4,7-10,14-16H,3,5-6,11-13H2,(H,26,29). The van der Waals surface area contributed by atoms with Crippen LogP contribution < -0.4 is 5.32 Å². The van der Waals surface area contributed by atoms with Gasteiger partial charge in [0, 0.05) is 18.1 Å². The Balaban J connectivity index is 1.29. The maximum atomic E-state index is 12.7. The lowest BCUT2D eigenvalue weighted by atomic mass is 9.81. The van der Waals surface area contributed by atoms with E-state index < -0.39 is 0 Å².